The zero-order chi connectivity index (χ0) is 13.4. The number of halogens is 1. The van der Waals surface area contributed by atoms with Crippen molar-refractivity contribution in [2.45, 2.75) is 0 Å². The molecule has 0 atom stereocenters. The van der Waals surface area contributed by atoms with E-state index < -0.39 is 0 Å². The van der Waals surface area contributed by atoms with Crippen LogP contribution in [0.25, 0.3) is 5.57 Å². The Kier molecular flexibility index (Phi) is 2.99. The predicted molar refractivity (Wildman–Crippen MR) is 78.7 cm³/mol. The van der Waals surface area contributed by atoms with Gasteiger partial charge in [-0.25, -0.2) is 0 Å². The molecule has 0 aliphatic heterocycles. The van der Waals surface area contributed by atoms with Gasteiger partial charge in [-0.2, -0.15) is 0 Å². The van der Waals surface area contributed by atoms with Crippen molar-refractivity contribution in [2.75, 3.05) is 7.11 Å². The SMILES string of the molecule is COc1cccc(C2=C(Br)C(=O)c3ccccc32)c1. The Bertz CT molecular complexity index is 701. The molecule has 0 radical (unpaired) electrons. The summed E-state index contributed by atoms with van der Waals surface area (Å²) in [5.74, 6) is 0.815. The van der Waals surface area contributed by atoms with Gasteiger partial charge in [0.2, 0.25) is 5.78 Å². The fraction of sp³-hybridized carbons (Fsp3) is 0.0625. The first-order valence-electron chi connectivity index (χ1n) is 5.90. The molecule has 0 unspecified atom stereocenters. The zero-order valence-corrected chi connectivity index (χ0v) is 11.9. The zero-order valence-electron chi connectivity index (χ0n) is 10.3. The maximum absolute atomic E-state index is 12.2. The second-order valence-electron chi connectivity index (χ2n) is 4.30. The monoisotopic (exact) mass is 314 g/mol. The van der Waals surface area contributed by atoms with E-state index in [2.05, 4.69) is 15.9 Å². The number of hydrogen-bond acceptors (Lipinski definition) is 2. The Balaban J connectivity index is 2.21. The second kappa shape index (κ2) is 4.67. The number of fused-ring (bicyclic) bond motifs is 1. The van der Waals surface area contributed by atoms with E-state index in [1.54, 1.807) is 7.11 Å². The van der Waals surface area contributed by atoms with Crippen molar-refractivity contribution in [3.63, 3.8) is 0 Å². The number of ketones is 1. The van der Waals surface area contributed by atoms with Gasteiger partial charge in [-0.1, -0.05) is 36.4 Å². The second-order valence-corrected chi connectivity index (χ2v) is 5.09. The van der Waals surface area contributed by atoms with Gasteiger partial charge in [0.1, 0.15) is 5.75 Å². The van der Waals surface area contributed by atoms with Gasteiger partial charge in [-0.3, -0.25) is 4.79 Å². The van der Waals surface area contributed by atoms with Gasteiger partial charge < -0.3 is 4.74 Å². The molecule has 2 nitrogen and oxygen atoms in total. The number of ether oxygens (including phenoxy) is 1. The van der Waals surface area contributed by atoms with Crippen LogP contribution in [0.1, 0.15) is 21.5 Å². The first kappa shape index (κ1) is 12.2. The van der Waals surface area contributed by atoms with Crippen LogP contribution >= 0.6 is 15.9 Å². The van der Waals surface area contributed by atoms with E-state index in [4.69, 9.17) is 4.74 Å². The van der Waals surface area contributed by atoms with Gasteiger partial charge in [0, 0.05) is 11.1 Å². The van der Waals surface area contributed by atoms with Crippen molar-refractivity contribution in [2.24, 2.45) is 0 Å². The van der Waals surface area contributed by atoms with Crippen LogP contribution in [0.15, 0.2) is 53.0 Å². The third kappa shape index (κ3) is 1.90. The summed E-state index contributed by atoms with van der Waals surface area (Å²) in [6, 6.07) is 15.4. The van der Waals surface area contributed by atoms with Crippen LogP contribution in [0, 0.1) is 0 Å². The van der Waals surface area contributed by atoms with Crippen LogP contribution in [-0.2, 0) is 0 Å². The van der Waals surface area contributed by atoms with Crippen LogP contribution < -0.4 is 4.74 Å². The van der Waals surface area contributed by atoms with Crippen LogP contribution in [0.3, 0.4) is 0 Å². The Morgan fingerprint density at radius 3 is 2.47 bits per heavy atom. The number of hydrogen-bond donors (Lipinski definition) is 0. The normalized spacial score (nSPS) is 13.7. The summed E-state index contributed by atoms with van der Waals surface area (Å²) in [6.07, 6.45) is 0. The molecule has 1 aliphatic carbocycles. The number of carbonyl (C=O) groups excluding carboxylic acids is 1. The summed E-state index contributed by atoms with van der Waals surface area (Å²) in [7, 11) is 1.64. The highest BCUT2D eigenvalue weighted by Gasteiger charge is 2.28. The fourth-order valence-electron chi connectivity index (χ4n) is 2.31. The van der Waals surface area contributed by atoms with Crippen LogP contribution in [0.4, 0.5) is 0 Å². The molecule has 0 saturated heterocycles. The number of methoxy groups -OCH3 is 1. The van der Waals surface area contributed by atoms with Gasteiger partial charge in [0.25, 0.3) is 0 Å². The molecule has 1 aliphatic rings. The molecule has 94 valence electrons. The van der Waals surface area contributed by atoms with Crippen molar-refractivity contribution in [1.82, 2.24) is 0 Å². The molecule has 3 rings (SSSR count). The van der Waals surface area contributed by atoms with Crippen LogP contribution in [0.5, 0.6) is 5.75 Å². The van der Waals surface area contributed by atoms with E-state index in [1.165, 1.54) is 0 Å². The molecule has 0 amide bonds. The van der Waals surface area contributed by atoms with Gasteiger partial charge in [-0.15, -0.1) is 0 Å². The number of Topliss-reactive ketones (excluding diaryl/α,β-unsaturated/α-hetero) is 1. The van der Waals surface area contributed by atoms with Crippen molar-refractivity contribution in [3.8, 4) is 5.75 Å². The first-order valence-corrected chi connectivity index (χ1v) is 6.70. The molecule has 2 aromatic carbocycles. The number of allylic oxidation sites excluding steroid dienone is 1. The van der Waals surface area contributed by atoms with Gasteiger partial charge in [-0.05, 0) is 39.2 Å². The molecule has 2 aromatic rings. The number of benzene rings is 2. The summed E-state index contributed by atoms with van der Waals surface area (Å²) in [5.41, 5.74) is 3.61. The Hall–Kier alpha value is -1.87. The molecule has 0 fully saturated rings. The Morgan fingerprint density at radius 2 is 1.74 bits per heavy atom. The largest absolute Gasteiger partial charge is 0.497 e. The lowest BCUT2D eigenvalue weighted by atomic mass is 9.99. The lowest BCUT2D eigenvalue weighted by Gasteiger charge is -2.07. The molecule has 0 saturated carbocycles. The van der Waals surface area contributed by atoms with E-state index in [-0.39, 0.29) is 5.78 Å². The third-order valence-corrected chi connectivity index (χ3v) is 3.97. The summed E-state index contributed by atoms with van der Waals surface area (Å²) in [6.45, 7) is 0. The average Bonchev–Trinajstić information content (AvgIpc) is 2.72. The van der Waals surface area contributed by atoms with E-state index in [0.29, 0.717) is 4.48 Å². The highest BCUT2D eigenvalue weighted by molar-refractivity contribution is 9.12. The molecule has 19 heavy (non-hydrogen) atoms. The lowest BCUT2D eigenvalue weighted by molar-refractivity contribution is 0.104. The highest BCUT2D eigenvalue weighted by atomic mass is 79.9. The molecule has 0 bridgehead atoms. The molecular formula is C16H11BrO2. The summed E-state index contributed by atoms with van der Waals surface area (Å²) >= 11 is 3.42. The van der Waals surface area contributed by atoms with E-state index in [1.807, 2.05) is 48.5 Å². The molecule has 0 heterocycles. The standard InChI is InChI=1S/C16H11BrO2/c1-19-11-6-4-5-10(9-11)14-12-7-2-3-8-13(12)16(18)15(14)17/h2-9H,1H3. The minimum Gasteiger partial charge on any atom is -0.497 e. The van der Waals surface area contributed by atoms with Crippen LogP contribution in [0.2, 0.25) is 0 Å². The average molecular weight is 315 g/mol. The molecule has 3 heteroatoms. The Labute approximate surface area is 119 Å². The van der Waals surface area contributed by atoms with Crippen LogP contribution in [-0.4, -0.2) is 12.9 Å². The van der Waals surface area contributed by atoms with E-state index >= 15 is 0 Å². The van der Waals surface area contributed by atoms with Gasteiger partial charge in [0.05, 0.1) is 11.6 Å². The number of rotatable bonds is 2. The van der Waals surface area contributed by atoms with Crippen molar-refractivity contribution in [3.05, 3.63) is 69.7 Å². The first-order chi connectivity index (χ1) is 9.22. The predicted octanol–water partition coefficient (Wildman–Crippen LogP) is 4.05. The lowest BCUT2D eigenvalue weighted by Crippen LogP contribution is -1.92. The smallest absolute Gasteiger partial charge is 0.201 e. The Morgan fingerprint density at radius 1 is 1.00 bits per heavy atom. The summed E-state index contributed by atoms with van der Waals surface area (Å²) in [4.78, 5) is 12.2. The third-order valence-electron chi connectivity index (χ3n) is 3.22. The topological polar surface area (TPSA) is 26.3 Å². The molecule has 0 N–H and O–H groups in total. The minimum absolute atomic E-state index is 0.0356. The maximum atomic E-state index is 12.2. The summed E-state index contributed by atoms with van der Waals surface area (Å²) < 4.78 is 5.85. The molecule has 0 spiro atoms. The molecular weight excluding hydrogens is 304 g/mol. The fourth-order valence-corrected chi connectivity index (χ4v) is 2.97. The molecule has 0 aromatic heterocycles. The summed E-state index contributed by atoms with van der Waals surface area (Å²) in [5, 5.41) is 0. The van der Waals surface area contributed by atoms with E-state index in [9.17, 15) is 4.79 Å². The van der Waals surface area contributed by atoms with Gasteiger partial charge >= 0.3 is 0 Å². The van der Waals surface area contributed by atoms with Crippen molar-refractivity contribution in [1.29, 1.82) is 0 Å². The quantitative estimate of drug-likeness (QED) is 0.836. The highest BCUT2D eigenvalue weighted by Crippen LogP contribution is 2.40. The van der Waals surface area contributed by atoms with Crippen molar-refractivity contribution < 1.29 is 9.53 Å². The maximum Gasteiger partial charge on any atom is 0.201 e. The van der Waals surface area contributed by atoms with Gasteiger partial charge in [0.15, 0.2) is 0 Å². The number of carbonyl (C=O) groups is 1. The minimum atomic E-state index is 0.0356. The van der Waals surface area contributed by atoms with E-state index in [0.717, 1.165) is 28.0 Å². The van der Waals surface area contributed by atoms with Crippen molar-refractivity contribution >= 4 is 27.3 Å².